The molecule has 0 spiro atoms. The van der Waals surface area contributed by atoms with Crippen LogP contribution in [-0.4, -0.2) is 11.8 Å². The van der Waals surface area contributed by atoms with E-state index in [1.165, 1.54) is 6.07 Å². The standard InChI is InChI=1S/C17H12Cl2N2O2/c1-10-2-4-11(5-3-10)8-13-16(22)20-21(17(13)23)12-6-7-14(18)15(19)9-12/h2-9H,1H3,(H,20,22)/b13-8-. The van der Waals surface area contributed by atoms with Gasteiger partial charge in [-0.3, -0.25) is 15.0 Å². The number of halogens is 2. The average Bonchev–Trinajstić information content (AvgIpc) is 2.80. The van der Waals surface area contributed by atoms with Crippen LogP contribution < -0.4 is 10.4 Å². The summed E-state index contributed by atoms with van der Waals surface area (Å²) in [6.07, 6.45) is 1.56. The van der Waals surface area contributed by atoms with Crippen molar-refractivity contribution >= 4 is 46.8 Å². The Morgan fingerprint density at radius 1 is 1.00 bits per heavy atom. The van der Waals surface area contributed by atoms with Gasteiger partial charge in [0.25, 0.3) is 11.8 Å². The SMILES string of the molecule is Cc1ccc(/C=C2/C(=O)NN(c3ccc(Cl)c(Cl)c3)C2=O)cc1. The number of carbonyl (C=O) groups is 2. The first-order valence-electron chi connectivity index (χ1n) is 6.84. The van der Waals surface area contributed by atoms with Crippen molar-refractivity contribution in [3.63, 3.8) is 0 Å². The normalized spacial score (nSPS) is 16.1. The second kappa shape index (κ2) is 6.07. The van der Waals surface area contributed by atoms with E-state index >= 15 is 0 Å². The lowest BCUT2D eigenvalue weighted by Crippen LogP contribution is -2.35. The number of benzene rings is 2. The fourth-order valence-electron chi connectivity index (χ4n) is 2.19. The van der Waals surface area contributed by atoms with E-state index in [2.05, 4.69) is 5.43 Å². The van der Waals surface area contributed by atoms with Gasteiger partial charge < -0.3 is 0 Å². The molecule has 1 saturated heterocycles. The van der Waals surface area contributed by atoms with Crippen molar-refractivity contribution in [2.24, 2.45) is 0 Å². The predicted molar refractivity (Wildman–Crippen MR) is 91.2 cm³/mol. The highest BCUT2D eigenvalue weighted by Gasteiger charge is 2.34. The summed E-state index contributed by atoms with van der Waals surface area (Å²) in [6, 6.07) is 12.2. The van der Waals surface area contributed by atoms with E-state index < -0.39 is 11.8 Å². The van der Waals surface area contributed by atoms with E-state index in [4.69, 9.17) is 23.2 Å². The van der Waals surface area contributed by atoms with Gasteiger partial charge in [0.1, 0.15) is 5.57 Å². The Bertz CT molecular complexity index is 829. The summed E-state index contributed by atoms with van der Waals surface area (Å²) in [7, 11) is 0. The largest absolute Gasteiger partial charge is 0.282 e. The zero-order chi connectivity index (χ0) is 16.6. The molecule has 0 aromatic heterocycles. The van der Waals surface area contributed by atoms with Crippen LogP contribution in [0.4, 0.5) is 5.69 Å². The molecule has 0 unspecified atom stereocenters. The average molecular weight is 347 g/mol. The number of nitrogens with one attached hydrogen (secondary N) is 1. The number of rotatable bonds is 2. The van der Waals surface area contributed by atoms with Gasteiger partial charge in [-0.05, 0) is 36.8 Å². The van der Waals surface area contributed by atoms with E-state index in [-0.39, 0.29) is 5.57 Å². The van der Waals surface area contributed by atoms with Crippen LogP contribution in [0.5, 0.6) is 0 Å². The fraction of sp³-hybridized carbons (Fsp3) is 0.0588. The summed E-state index contributed by atoms with van der Waals surface area (Å²) < 4.78 is 0. The quantitative estimate of drug-likeness (QED) is 0.664. The van der Waals surface area contributed by atoms with Gasteiger partial charge >= 0.3 is 0 Å². The third kappa shape index (κ3) is 3.09. The highest BCUT2D eigenvalue weighted by Crippen LogP contribution is 2.29. The van der Waals surface area contributed by atoms with Crippen LogP contribution in [-0.2, 0) is 9.59 Å². The monoisotopic (exact) mass is 346 g/mol. The molecule has 0 bridgehead atoms. The van der Waals surface area contributed by atoms with Crippen molar-refractivity contribution < 1.29 is 9.59 Å². The topological polar surface area (TPSA) is 49.4 Å². The summed E-state index contributed by atoms with van der Waals surface area (Å²) >= 11 is 11.8. The number of hydrogen-bond acceptors (Lipinski definition) is 2. The molecule has 1 aliphatic heterocycles. The van der Waals surface area contributed by atoms with E-state index in [0.29, 0.717) is 15.7 Å². The second-order valence-corrected chi connectivity index (χ2v) is 5.96. The van der Waals surface area contributed by atoms with Crippen LogP contribution in [0.2, 0.25) is 10.0 Å². The lowest BCUT2D eigenvalue weighted by molar-refractivity contribution is -0.117. The molecule has 0 radical (unpaired) electrons. The Hall–Kier alpha value is -2.30. The number of hydrogen-bond donors (Lipinski definition) is 1. The number of hydrazine groups is 1. The summed E-state index contributed by atoms with van der Waals surface area (Å²) in [5, 5.41) is 1.84. The Morgan fingerprint density at radius 3 is 2.35 bits per heavy atom. The minimum absolute atomic E-state index is 0.0694. The molecule has 23 heavy (non-hydrogen) atoms. The third-order valence-corrected chi connectivity index (χ3v) is 4.18. The second-order valence-electron chi connectivity index (χ2n) is 5.15. The number of carbonyl (C=O) groups excluding carboxylic acids is 2. The molecule has 2 aromatic rings. The molecule has 116 valence electrons. The van der Waals surface area contributed by atoms with E-state index in [9.17, 15) is 9.59 Å². The van der Waals surface area contributed by atoms with Crippen molar-refractivity contribution in [2.75, 3.05) is 5.01 Å². The van der Waals surface area contributed by atoms with E-state index in [1.807, 2.05) is 31.2 Å². The predicted octanol–water partition coefficient (Wildman–Crippen LogP) is 3.76. The number of nitrogens with zero attached hydrogens (tertiary/aromatic N) is 1. The van der Waals surface area contributed by atoms with Gasteiger partial charge in [-0.2, -0.15) is 0 Å². The maximum atomic E-state index is 12.5. The molecular weight excluding hydrogens is 335 g/mol. The zero-order valence-corrected chi connectivity index (χ0v) is 13.7. The molecule has 1 fully saturated rings. The van der Waals surface area contributed by atoms with E-state index in [0.717, 1.165) is 16.1 Å². The number of amides is 2. The Morgan fingerprint density at radius 2 is 1.70 bits per heavy atom. The van der Waals surface area contributed by atoms with Crippen molar-refractivity contribution in [3.8, 4) is 0 Å². The van der Waals surface area contributed by atoms with Crippen molar-refractivity contribution in [2.45, 2.75) is 6.92 Å². The number of anilines is 1. The lowest BCUT2D eigenvalue weighted by Gasteiger charge is -2.15. The highest BCUT2D eigenvalue weighted by atomic mass is 35.5. The van der Waals surface area contributed by atoms with Crippen molar-refractivity contribution in [1.82, 2.24) is 5.43 Å². The first kappa shape index (κ1) is 15.6. The first-order valence-corrected chi connectivity index (χ1v) is 7.60. The summed E-state index contributed by atoms with van der Waals surface area (Å²) in [5.41, 5.74) is 4.93. The Balaban J connectivity index is 1.93. The molecule has 0 atom stereocenters. The van der Waals surface area contributed by atoms with Gasteiger partial charge in [0.2, 0.25) is 0 Å². The Labute approximate surface area is 143 Å². The van der Waals surface area contributed by atoms with Gasteiger partial charge in [-0.1, -0.05) is 53.0 Å². The van der Waals surface area contributed by atoms with Crippen LogP contribution in [0.3, 0.4) is 0 Å². The minimum atomic E-state index is -0.457. The molecule has 1 aliphatic rings. The fourth-order valence-corrected chi connectivity index (χ4v) is 2.49. The van der Waals surface area contributed by atoms with Crippen LogP contribution in [0.1, 0.15) is 11.1 Å². The third-order valence-electron chi connectivity index (χ3n) is 3.44. The van der Waals surface area contributed by atoms with Crippen LogP contribution in [0.15, 0.2) is 48.0 Å². The zero-order valence-electron chi connectivity index (χ0n) is 12.1. The minimum Gasteiger partial charge on any atom is -0.267 e. The van der Waals surface area contributed by atoms with Gasteiger partial charge in [0.05, 0.1) is 15.7 Å². The van der Waals surface area contributed by atoms with Gasteiger partial charge in [0.15, 0.2) is 0 Å². The molecule has 6 heteroatoms. The first-order chi connectivity index (χ1) is 11.0. The van der Waals surface area contributed by atoms with Gasteiger partial charge in [0, 0.05) is 0 Å². The summed E-state index contributed by atoms with van der Waals surface area (Å²) in [6.45, 7) is 1.97. The molecule has 4 nitrogen and oxygen atoms in total. The number of aryl methyl sites for hydroxylation is 1. The van der Waals surface area contributed by atoms with Crippen LogP contribution in [0, 0.1) is 6.92 Å². The van der Waals surface area contributed by atoms with Crippen molar-refractivity contribution in [1.29, 1.82) is 0 Å². The molecule has 2 aromatic carbocycles. The lowest BCUT2D eigenvalue weighted by atomic mass is 10.1. The molecule has 0 saturated carbocycles. The summed E-state index contributed by atoms with van der Waals surface area (Å²) in [5.74, 6) is -0.893. The van der Waals surface area contributed by atoms with Crippen molar-refractivity contribution in [3.05, 3.63) is 69.2 Å². The molecular formula is C17H12Cl2N2O2. The Kier molecular flexibility index (Phi) is 4.11. The molecule has 1 heterocycles. The summed E-state index contributed by atoms with van der Waals surface area (Å²) in [4.78, 5) is 24.6. The van der Waals surface area contributed by atoms with Crippen LogP contribution in [0.25, 0.3) is 6.08 Å². The smallest absolute Gasteiger partial charge is 0.267 e. The highest BCUT2D eigenvalue weighted by molar-refractivity contribution is 6.42. The van der Waals surface area contributed by atoms with Crippen LogP contribution >= 0.6 is 23.2 Å². The molecule has 1 N–H and O–H groups in total. The van der Waals surface area contributed by atoms with Gasteiger partial charge in [-0.15, -0.1) is 0 Å². The maximum Gasteiger partial charge on any atom is 0.282 e. The molecule has 2 amide bonds. The maximum absolute atomic E-state index is 12.5. The molecule has 0 aliphatic carbocycles. The molecule has 3 rings (SSSR count). The van der Waals surface area contributed by atoms with Gasteiger partial charge in [-0.25, -0.2) is 5.01 Å². The van der Waals surface area contributed by atoms with E-state index in [1.54, 1.807) is 18.2 Å².